The second-order valence-electron chi connectivity index (χ2n) is 5.75. The van der Waals surface area contributed by atoms with Crippen molar-refractivity contribution in [3.63, 3.8) is 0 Å². The first-order valence-electron chi connectivity index (χ1n) is 6.18. The van der Waals surface area contributed by atoms with Gasteiger partial charge in [0, 0.05) is 19.5 Å². The molecule has 0 N–H and O–H groups in total. The van der Waals surface area contributed by atoms with Crippen LogP contribution in [0.25, 0.3) is 0 Å². The van der Waals surface area contributed by atoms with Crippen molar-refractivity contribution < 1.29 is 4.79 Å². The summed E-state index contributed by atoms with van der Waals surface area (Å²) in [4.78, 5) is 13.9. The van der Waals surface area contributed by atoms with Crippen LogP contribution in [0.15, 0.2) is 24.3 Å². The minimum absolute atomic E-state index is 0.167. The van der Waals surface area contributed by atoms with E-state index in [2.05, 4.69) is 19.9 Å². The number of carbonyl (C=O) groups excluding carboxylic acids is 1. The normalized spacial score (nSPS) is 20.0. The largest absolute Gasteiger partial charge is 0.341 e. The van der Waals surface area contributed by atoms with Crippen LogP contribution in [0.4, 0.5) is 0 Å². The third-order valence-corrected chi connectivity index (χ3v) is 3.66. The molecule has 0 heterocycles. The van der Waals surface area contributed by atoms with Crippen molar-refractivity contribution in [1.82, 2.24) is 4.90 Å². The predicted molar refractivity (Wildman–Crippen MR) is 69.5 cm³/mol. The molecule has 1 aliphatic carbocycles. The molecule has 1 fully saturated rings. The molecule has 0 bridgehead atoms. The summed E-state index contributed by atoms with van der Waals surface area (Å²) in [5, 5.41) is 8.84. The molecule has 0 saturated heterocycles. The molecule has 1 amide bonds. The van der Waals surface area contributed by atoms with Crippen LogP contribution in [0.5, 0.6) is 0 Å². The summed E-state index contributed by atoms with van der Waals surface area (Å²) >= 11 is 0. The Hall–Kier alpha value is -1.82. The smallest absolute Gasteiger partial charge is 0.226 e. The second-order valence-corrected chi connectivity index (χ2v) is 5.75. The molecule has 18 heavy (non-hydrogen) atoms. The zero-order valence-corrected chi connectivity index (χ0v) is 11.1. The molecule has 0 spiro atoms. The lowest BCUT2D eigenvalue weighted by molar-refractivity contribution is -0.132. The maximum absolute atomic E-state index is 12.1. The first-order valence-corrected chi connectivity index (χ1v) is 6.18. The van der Waals surface area contributed by atoms with Gasteiger partial charge in [0.1, 0.15) is 0 Å². The molecule has 2 rings (SSSR count). The molecule has 1 unspecified atom stereocenters. The van der Waals surface area contributed by atoms with E-state index in [1.165, 1.54) is 0 Å². The monoisotopic (exact) mass is 242 g/mol. The molecule has 1 saturated carbocycles. The zero-order valence-electron chi connectivity index (χ0n) is 11.1. The number of benzene rings is 1. The van der Waals surface area contributed by atoms with Crippen molar-refractivity contribution in [3.8, 4) is 6.07 Å². The molecule has 1 aromatic carbocycles. The van der Waals surface area contributed by atoms with Crippen molar-refractivity contribution in [2.24, 2.45) is 11.3 Å². The molecule has 0 radical (unpaired) electrons. The number of rotatable bonds is 3. The van der Waals surface area contributed by atoms with Gasteiger partial charge < -0.3 is 4.90 Å². The van der Waals surface area contributed by atoms with Gasteiger partial charge >= 0.3 is 0 Å². The molecular formula is C15H18N2O. The first-order chi connectivity index (χ1) is 8.44. The SMILES string of the molecule is CN(Cc1cccc(C#N)c1)C(=O)C1CC1(C)C. The van der Waals surface area contributed by atoms with E-state index in [1.54, 1.807) is 11.0 Å². The summed E-state index contributed by atoms with van der Waals surface area (Å²) in [7, 11) is 1.83. The number of hydrogen-bond donors (Lipinski definition) is 0. The summed E-state index contributed by atoms with van der Waals surface area (Å²) in [6.07, 6.45) is 0.981. The summed E-state index contributed by atoms with van der Waals surface area (Å²) in [6, 6.07) is 9.52. The summed E-state index contributed by atoms with van der Waals surface area (Å²) in [6.45, 7) is 4.82. The van der Waals surface area contributed by atoms with Gasteiger partial charge in [-0.1, -0.05) is 26.0 Å². The maximum atomic E-state index is 12.1. The highest BCUT2D eigenvalue weighted by atomic mass is 16.2. The number of nitrogens with zero attached hydrogens (tertiary/aromatic N) is 2. The van der Waals surface area contributed by atoms with E-state index >= 15 is 0 Å². The Morgan fingerprint density at radius 3 is 2.78 bits per heavy atom. The third kappa shape index (κ3) is 2.53. The van der Waals surface area contributed by atoms with E-state index in [-0.39, 0.29) is 17.2 Å². The maximum Gasteiger partial charge on any atom is 0.226 e. The predicted octanol–water partition coefficient (Wildman–Crippen LogP) is 2.56. The van der Waals surface area contributed by atoms with E-state index in [0.29, 0.717) is 12.1 Å². The molecule has 3 nitrogen and oxygen atoms in total. The van der Waals surface area contributed by atoms with E-state index in [0.717, 1.165) is 12.0 Å². The lowest BCUT2D eigenvalue weighted by Crippen LogP contribution is -2.28. The van der Waals surface area contributed by atoms with Crippen LogP contribution in [-0.2, 0) is 11.3 Å². The van der Waals surface area contributed by atoms with Gasteiger partial charge in [-0.3, -0.25) is 4.79 Å². The Morgan fingerprint density at radius 1 is 1.56 bits per heavy atom. The fourth-order valence-electron chi connectivity index (χ4n) is 2.25. The van der Waals surface area contributed by atoms with Crippen molar-refractivity contribution in [2.75, 3.05) is 7.05 Å². The average molecular weight is 242 g/mol. The minimum Gasteiger partial charge on any atom is -0.341 e. The van der Waals surface area contributed by atoms with E-state index in [9.17, 15) is 4.79 Å². The van der Waals surface area contributed by atoms with Crippen LogP contribution in [-0.4, -0.2) is 17.9 Å². The number of amides is 1. The van der Waals surface area contributed by atoms with Gasteiger partial charge in [-0.05, 0) is 29.5 Å². The van der Waals surface area contributed by atoms with Gasteiger partial charge in [0.2, 0.25) is 5.91 Å². The van der Waals surface area contributed by atoms with Gasteiger partial charge in [0.15, 0.2) is 0 Å². The summed E-state index contributed by atoms with van der Waals surface area (Å²) in [5.74, 6) is 0.379. The van der Waals surface area contributed by atoms with Crippen LogP contribution >= 0.6 is 0 Å². The Kier molecular flexibility index (Phi) is 3.13. The minimum atomic E-state index is 0.167. The van der Waals surface area contributed by atoms with Crippen molar-refractivity contribution in [1.29, 1.82) is 5.26 Å². The molecule has 3 heteroatoms. The van der Waals surface area contributed by atoms with Crippen LogP contribution in [0.1, 0.15) is 31.4 Å². The Bertz CT molecular complexity index is 513. The van der Waals surface area contributed by atoms with Crippen molar-refractivity contribution >= 4 is 5.91 Å². The molecule has 1 atom stereocenters. The van der Waals surface area contributed by atoms with Crippen molar-refractivity contribution in [3.05, 3.63) is 35.4 Å². The second kappa shape index (κ2) is 4.45. The van der Waals surface area contributed by atoms with Crippen LogP contribution in [0.2, 0.25) is 0 Å². The number of hydrogen-bond acceptors (Lipinski definition) is 2. The van der Waals surface area contributed by atoms with Gasteiger partial charge in [0.25, 0.3) is 0 Å². The van der Waals surface area contributed by atoms with Crippen molar-refractivity contribution in [2.45, 2.75) is 26.8 Å². The standard InChI is InChI=1S/C15H18N2O/c1-15(2)8-13(15)14(18)17(3)10-12-6-4-5-11(7-12)9-16/h4-7,13H,8,10H2,1-3H3. The first kappa shape index (κ1) is 12.6. The Balaban J connectivity index is 2.01. The highest BCUT2D eigenvalue weighted by Gasteiger charge is 2.51. The molecule has 0 aromatic heterocycles. The number of nitriles is 1. The lowest BCUT2D eigenvalue weighted by Gasteiger charge is -2.18. The van der Waals surface area contributed by atoms with E-state index in [1.807, 2.05) is 25.2 Å². The van der Waals surface area contributed by atoms with Crippen LogP contribution < -0.4 is 0 Å². The van der Waals surface area contributed by atoms with Gasteiger partial charge in [-0.25, -0.2) is 0 Å². The third-order valence-electron chi connectivity index (χ3n) is 3.66. The van der Waals surface area contributed by atoms with Gasteiger partial charge in [-0.2, -0.15) is 5.26 Å². The molecule has 1 aromatic rings. The lowest BCUT2D eigenvalue weighted by atomic mass is 10.1. The van der Waals surface area contributed by atoms with Crippen LogP contribution in [0.3, 0.4) is 0 Å². The van der Waals surface area contributed by atoms with E-state index in [4.69, 9.17) is 5.26 Å². The molecule has 1 aliphatic rings. The quantitative estimate of drug-likeness (QED) is 0.817. The average Bonchev–Trinajstić information content (AvgIpc) is 2.97. The molecule has 94 valence electrons. The number of carbonyl (C=O) groups is 1. The summed E-state index contributed by atoms with van der Waals surface area (Å²) in [5.41, 5.74) is 1.81. The van der Waals surface area contributed by atoms with Gasteiger partial charge in [0.05, 0.1) is 11.6 Å². The fourth-order valence-corrected chi connectivity index (χ4v) is 2.25. The topological polar surface area (TPSA) is 44.1 Å². The molecular weight excluding hydrogens is 224 g/mol. The fraction of sp³-hybridized carbons (Fsp3) is 0.467. The Morgan fingerprint density at radius 2 is 2.22 bits per heavy atom. The molecule has 0 aliphatic heterocycles. The van der Waals surface area contributed by atoms with Crippen LogP contribution in [0, 0.1) is 22.7 Å². The van der Waals surface area contributed by atoms with Gasteiger partial charge in [-0.15, -0.1) is 0 Å². The summed E-state index contributed by atoms with van der Waals surface area (Å²) < 4.78 is 0. The highest BCUT2D eigenvalue weighted by molar-refractivity contribution is 5.82. The zero-order chi connectivity index (χ0) is 13.3. The van der Waals surface area contributed by atoms with E-state index < -0.39 is 0 Å². The highest BCUT2D eigenvalue weighted by Crippen LogP contribution is 2.52. The Labute approximate surface area is 108 Å².